The predicted octanol–water partition coefficient (Wildman–Crippen LogP) is 6.18. The zero-order valence-corrected chi connectivity index (χ0v) is 28.6. The van der Waals surface area contributed by atoms with Crippen LogP contribution in [0.3, 0.4) is 0 Å². The normalized spacial score (nSPS) is 11.6. The Morgan fingerprint density at radius 1 is 0.837 bits per heavy atom. The Balaban J connectivity index is 1.67. The Hall–Kier alpha value is -5.47. The van der Waals surface area contributed by atoms with Crippen molar-refractivity contribution < 1.29 is 43.3 Å². The van der Waals surface area contributed by atoms with Gasteiger partial charge in [-0.15, -0.1) is 4.99 Å². The number of carbonyl (C=O) groups is 5. The predicted molar refractivity (Wildman–Crippen MR) is 183 cm³/mol. The van der Waals surface area contributed by atoms with Gasteiger partial charge in [-0.2, -0.15) is 5.01 Å². The average Bonchev–Trinajstić information content (AvgIpc) is 2.96. The molecule has 0 aromatic heterocycles. The van der Waals surface area contributed by atoms with E-state index < -0.39 is 41.3 Å². The van der Waals surface area contributed by atoms with Crippen LogP contribution in [0.2, 0.25) is 5.02 Å². The zero-order chi connectivity index (χ0) is 36.5. The largest absolute Gasteiger partial charge is 0.481 e. The van der Waals surface area contributed by atoms with Gasteiger partial charge < -0.3 is 30.0 Å². The first-order valence-corrected chi connectivity index (χ1v) is 15.2. The van der Waals surface area contributed by atoms with Crippen LogP contribution in [0.1, 0.15) is 63.0 Å². The maximum absolute atomic E-state index is 12.9. The first-order chi connectivity index (χ1) is 22.8. The highest BCUT2D eigenvalue weighted by Crippen LogP contribution is 2.25. The minimum absolute atomic E-state index is 0.0853. The van der Waals surface area contributed by atoms with Crippen molar-refractivity contribution in [2.75, 3.05) is 10.6 Å². The summed E-state index contributed by atoms with van der Waals surface area (Å²) in [4.78, 5) is 65.2. The van der Waals surface area contributed by atoms with Gasteiger partial charge in [-0.3, -0.25) is 9.59 Å². The molecule has 0 radical (unpaired) electrons. The number of ether oxygens (including phenoxy) is 3. The summed E-state index contributed by atoms with van der Waals surface area (Å²) in [5.41, 5.74) is 0.164. The van der Waals surface area contributed by atoms with Crippen LogP contribution in [0.4, 0.5) is 21.0 Å². The number of hydrogen-bond donors (Lipinski definition) is 4. The van der Waals surface area contributed by atoms with Gasteiger partial charge in [0.15, 0.2) is 0 Å². The number of hydrazine groups is 1. The van der Waals surface area contributed by atoms with Crippen LogP contribution in [0.15, 0.2) is 71.7 Å². The number of esters is 1. The smallest absolute Gasteiger partial charge is 0.437 e. The van der Waals surface area contributed by atoms with Crippen molar-refractivity contribution in [2.45, 2.75) is 65.6 Å². The van der Waals surface area contributed by atoms with Gasteiger partial charge in [-0.25, -0.2) is 20.2 Å². The van der Waals surface area contributed by atoms with Crippen LogP contribution >= 0.6 is 11.6 Å². The standard InChI is InChI=1S/C34H38ClN5O9/c1-33(2,3)48-31(45)39-30(40(36)32(46)49-34(4,5)6)38-23-13-10-21(11-14-23)29(44)47-25-15-12-22(26(35)19-25)18-27(41)37-24-9-7-8-20(16-24)17-28(42)43/h7-16,19H,17-18,36H2,1-6H3,(H,37,41)(H,42,43)(H,38,39,45). The number of nitrogens with one attached hydrogen (secondary N) is 2. The summed E-state index contributed by atoms with van der Waals surface area (Å²) >= 11 is 6.38. The number of amides is 3. The molecular formula is C34H38ClN5O9. The van der Waals surface area contributed by atoms with E-state index in [0.717, 1.165) is 0 Å². The Bertz CT molecular complexity index is 1750. The minimum Gasteiger partial charge on any atom is -0.481 e. The second-order valence-electron chi connectivity index (χ2n) is 12.6. The number of nitrogens with zero attached hydrogens (tertiary/aromatic N) is 2. The molecule has 0 unspecified atom stereocenters. The van der Waals surface area contributed by atoms with E-state index in [2.05, 4.69) is 15.6 Å². The molecule has 0 bridgehead atoms. The van der Waals surface area contributed by atoms with Crippen LogP contribution < -0.4 is 21.2 Å². The van der Waals surface area contributed by atoms with Crippen LogP contribution in [0.25, 0.3) is 0 Å². The minimum atomic E-state index is -1.01. The van der Waals surface area contributed by atoms with E-state index >= 15 is 0 Å². The summed E-state index contributed by atoms with van der Waals surface area (Å²) in [6.45, 7) is 9.88. The van der Waals surface area contributed by atoms with Gasteiger partial charge in [0.05, 0.1) is 18.4 Å². The number of carboxylic acid groups (broad SMARTS) is 1. The van der Waals surface area contributed by atoms with Gasteiger partial charge in [0.25, 0.3) is 0 Å². The van der Waals surface area contributed by atoms with E-state index in [1.807, 2.05) is 0 Å². The topological polar surface area (TPSA) is 199 Å². The summed E-state index contributed by atoms with van der Waals surface area (Å²) in [5.74, 6) is 3.58. The van der Waals surface area contributed by atoms with E-state index in [1.165, 1.54) is 36.4 Å². The molecule has 3 aromatic rings. The number of rotatable bonds is 8. The van der Waals surface area contributed by atoms with Crippen molar-refractivity contribution in [1.82, 2.24) is 5.01 Å². The van der Waals surface area contributed by atoms with Gasteiger partial charge in [0.1, 0.15) is 17.0 Å². The Morgan fingerprint density at radius 2 is 1.49 bits per heavy atom. The van der Waals surface area contributed by atoms with Crippen LogP contribution in [-0.2, 0) is 31.9 Å². The molecule has 3 rings (SSSR count). The molecule has 0 aliphatic rings. The second-order valence-corrected chi connectivity index (χ2v) is 13.0. The maximum Gasteiger partial charge on any atom is 0.437 e. The lowest BCUT2D eigenvalue weighted by atomic mass is 10.1. The third-order valence-electron chi connectivity index (χ3n) is 5.94. The second kappa shape index (κ2) is 16.1. The van der Waals surface area contributed by atoms with E-state index in [4.69, 9.17) is 36.8 Å². The molecule has 0 atom stereocenters. The molecule has 0 aliphatic heterocycles. The van der Waals surface area contributed by atoms with Crippen molar-refractivity contribution in [3.05, 3.63) is 88.4 Å². The number of hydrogen-bond acceptors (Lipinski definition) is 9. The molecular weight excluding hydrogens is 658 g/mol. The molecule has 0 saturated carbocycles. The molecule has 14 nitrogen and oxygen atoms in total. The Labute approximate surface area is 288 Å². The maximum atomic E-state index is 12.9. The highest BCUT2D eigenvalue weighted by atomic mass is 35.5. The van der Waals surface area contributed by atoms with Crippen molar-refractivity contribution in [3.8, 4) is 5.75 Å². The van der Waals surface area contributed by atoms with Crippen molar-refractivity contribution >= 4 is 59.0 Å². The number of benzene rings is 3. The van der Waals surface area contributed by atoms with E-state index in [1.54, 1.807) is 71.9 Å². The molecule has 5 N–H and O–H groups in total. The number of aliphatic imine (C=N–C) groups is 1. The lowest BCUT2D eigenvalue weighted by molar-refractivity contribution is -0.136. The van der Waals surface area contributed by atoms with E-state index in [-0.39, 0.29) is 35.1 Å². The van der Waals surface area contributed by atoms with Gasteiger partial charge in [-0.1, -0.05) is 29.8 Å². The van der Waals surface area contributed by atoms with Gasteiger partial charge in [0, 0.05) is 16.4 Å². The lowest BCUT2D eigenvalue weighted by Crippen LogP contribution is -2.48. The Kier molecular flexibility index (Phi) is 12.5. The van der Waals surface area contributed by atoms with E-state index in [9.17, 15) is 24.0 Å². The summed E-state index contributed by atoms with van der Waals surface area (Å²) in [5, 5.41) is 15.2. The lowest BCUT2D eigenvalue weighted by Gasteiger charge is -2.25. The van der Waals surface area contributed by atoms with Gasteiger partial charge in [-0.05, 0) is 101 Å². The Morgan fingerprint density at radius 3 is 2.08 bits per heavy atom. The SMILES string of the molecule is CC(C)(C)OC(=O)/N=C(/Nc1ccc(C(=O)Oc2ccc(CC(=O)Nc3cccc(CC(=O)O)c3)c(Cl)c2)cc1)N(N)C(=O)OC(C)(C)C. The fourth-order valence-electron chi connectivity index (χ4n) is 3.94. The molecule has 0 aliphatic carbocycles. The fraction of sp³-hybridized carbons (Fsp3) is 0.294. The molecule has 0 heterocycles. The molecule has 260 valence electrons. The summed E-state index contributed by atoms with van der Waals surface area (Å²) in [6.07, 6.45) is -2.26. The first-order valence-electron chi connectivity index (χ1n) is 14.9. The van der Waals surface area contributed by atoms with Gasteiger partial charge >= 0.3 is 24.1 Å². The highest BCUT2D eigenvalue weighted by molar-refractivity contribution is 6.31. The summed E-state index contributed by atoms with van der Waals surface area (Å²) in [6, 6.07) is 16.7. The number of guanidine groups is 1. The monoisotopic (exact) mass is 695 g/mol. The molecule has 3 aromatic carbocycles. The average molecular weight is 696 g/mol. The summed E-state index contributed by atoms with van der Waals surface area (Å²) in [7, 11) is 0. The third kappa shape index (κ3) is 12.9. The van der Waals surface area contributed by atoms with Gasteiger partial charge in [0.2, 0.25) is 11.9 Å². The fourth-order valence-corrected chi connectivity index (χ4v) is 4.18. The van der Waals surface area contributed by atoms with E-state index in [0.29, 0.717) is 27.5 Å². The van der Waals surface area contributed by atoms with Crippen LogP contribution in [0.5, 0.6) is 5.75 Å². The first kappa shape index (κ1) is 38.0. The zero-order valence-electron chi connectivity index (χ0n) is 27.8. The van der Waals surface area contributed by atoms with Crippen LogP contribution in [-0.4, -0.2) is 57.3 Å². The third-order valence-corrected chi connectivity index (χ3v) is 6.29. The molecule has 49 heavy (non-hydrogen) atoms. The molecule has 0 spiro atoms. The molecule has 0 saturated heterocycles. The number of carboxylic acids is 1. The quantitative estimate of drug-likeness (QED) is 0.0399. The number of carbonyl (C=O) groups excluding carboxylic acids is 4. The highest BCUT2D eigenvalue weighted by Gasteiger charge is 2.26. The van der Waals surface area contributed by atoms with Crippen LogP contribution in [0, 0.1) is 0 Å². The summed E-state index contributed by atoms with van der Waals surface area (Å²) < 4.78 is 15.9. The van der Waals surface area contributed by atoms with Crippen molar-refractivity contribution in [2.24, 2.45) is 10.8 Å². The number of halogens is 1. The number of nitrogens with two attached hydrogens (primary N) is 1. The number of anilines is 2. The molecule has 0 fully saturated rings. The number of aliphatic carboxylic acids is 1. The van der Waals surface area contributed by atoms with Crippen molar-refractivity contribution in [3.63, 3.8) is 0 Å². The van der Waals surface area contributed by atoms with Crippen molar-refractivity contribution in [1.29, 1.82) is 0 Å². The molecule has 15 heteroatoms. The molecule has 3 amide bonds.